The summed E-state index contributed by atoms with van der Waals surface area (Å²) in [6.07, 6.45) is 0.853. The van der Waals surface area contributed by atoms with Crippen molar-refractivity contribution >= 4 is 39.5 Å². The molecule has 0 aliphatic carbocycles. The van der Waals surface area contributed by atoms with Crippen molar-refractivity contribution in [2.24, 2.45) is 0 Å². The zero-order valence-electron chi connectivity index (χ0n) is 18.2. The maximum atomic E-state index is 13.1. The van der Waals surface area contributed by atoms with Gasteiger partial charge in [-0.2, -0.15) is 0 Å². The summed E-state index contributed by atoms with van der Waals surface area (Å²) in [6.45, 7) is 8.28. The van der Waals surface area contributed by atoms with Crippen molar-refractivity contribution in [3.8, 4) is 0 Å². The van der Waals surface area contributed by atoms with E-state index in [4.69, 9.17) is 0 Å². The second-order valence-corrected chi connectivity index (χ2v) is 9.52. The molecular formula is C24H31BrN2O2S. The minimum Gasteiger partial charge on any atom is -0.352 e. The zero-order valence-corrected chi connectivity index (χ0v) is 20.6. The van der Waals surface area contributed by atoms with Crippen molar-refractivity contribution in [3.63, 3.8) is 0 Å². The van der Waals surface area contributed by atoms with Crippen LogP contribution in [0.5, 0.6) is 0 Å². The number of hydrogen-bond acceptors (Lipinski definition) is 3. The summed E-state index contributed by atoms with van der Waals surface area (Å²) in [7, 11) is 0. The van der Waals surface area contributed by atoms with Crippen LogP contribution in [0.4, 0.5) is 0 Å². The number of carbonyl (C=O) groups is 2. The predicted octanol–water partition coefficient (Wildman–Crippen LogP) is 5.32. The number of rotatable bonds is 10. The van der Waals surface area contributed by atoms with Gasteiger partial charge in [0.2, 0.25) is 11.8 Å². The number of nitrogens with zero attached hydrogens (tertiary/aromatic N) is 1. The average molecular weight is 491 g/mol. The third-order valence-corrected chi connectivity index (χ3v) is 6.57. The molecule has 2 amide bonds. The molecule has 0 radical (unpaired) electrons. The second-order valence-electron chi connectivity index (χ2n) is 7.62. The van der Waals surface area contributed by atoms with E-state index in [0.29, 0.717) is 12.3 Å². The predicted molar refractivity (Wildman–Crippen MR) is 129 cm³/mol. The van der Waals surface area contributed by atoms with Crippen LogP contribution in [0.25, 0.3) is 0 Å². The van der Waals surface area contributed by atoms with Crippen molar-refractivity contribution in [3.05, 3.63) is 69.7 Å². The van der Waals surface area contributed by atoms with Gasteiger partial charge >= 0.3 is 0 Å². The van der Waals surface area contributed by atoms with Gasteiger partial charge in [0, 0.05) is 22.8 Å². The van der Waals surface area contributed by atoms with Crippen molar-refractivity contribution in [1.82, 2.24) is 10.2 Å². The summed E-state index contributed by atoms with van der Waals surface area (Å²) in [5.41, 5.74) is 3.42. The van der Waals surface area contributed by atoms with E-state index in [9.17, 15) is 9.59 Å². The summed E-state index contributed by atoms with van der Waals surface area (Å²) in [4.78, 5) is 27.5. The van der Waals surface area contributed by atoms with Gasteiger partial charge in [0.05, 0.1) is 5.75 Å². The lowest BCUT2D eigenvalue weighted by atomic mass is 10.1. The normalized spacial score (nSPS) is 12.8. The third-order valence-electron chi connectivity index (χ3n) is 5.05. The number of carbonyl (C=O) groups excluding carboxylic acids is 2. The topological polar surface area (TPSA) is 49.4 Å². The van der Waals surface area contributed by atoms with Crippen LogP contribution in [0.1, 0.15) is 43.9 Å². The molecule has 0 saturated heterocycles. The highest BCUT2D eigenvalue weighted by Crippen LogP contribution is 2.18. The van der Waals surface area contributed by atoms with Crippen LogP contribution in [0, 0.1) is 6.92 Å². The number of amides is 2. The molecule has 0 fully saturated rings. The Morgan fingerprint density at radius 3 is 2.23 bits per heavy atom. The Morgan fingerprint density at radius 2 is 1.63 bits per heavy atom. The summed E-state index contributed by atoms with van der Waals surface area (Å²) in [5, 5.41) is 3.00. The quantitative estimate of drug-likeness (QED) is 0.489. The first-order valence-electron chi connectivity index (χ1n) is 10.3. The Bertz CT molecular complexity index is 824. The van der Waals surface area contributed by atoms with E-state index < -0.39 is 6.04 Å². The Kier molecular flexibility index (Phi) is 9.92. The molecule has 0 aliphatic heterocycles. The van der Waals surface area contributed by atoms with E-state index in [2.05, 4.69) is 52.4 Å². The molecule has 6 heteroatoms. The third kappa shape index (κ3) is 7.80. The molecule has 0 bridgehead atoms. The Hall–Kier alpha value is -1.79. The van der Waals surface area contributed by atoms with Gasteiger partial charge in [0.1, 0.15) is 6.04 Å². The fourth-order valence-electron chi connectivity index (χ4n) is 2.86. The molecule has 30 heavy (non-hydrogen) atoms. The van der Waals surface area contributed by atoms with E-state index in [1.165, 1.54) is 11.1 Å². The first-order chi connectivity index (χ1) is 14.3. The van der Waals surface area contributed by atoms with Gasteiger partial charge in [-0.25, -0.2) is 0 Å². The van der Waals surface area contributed by atoms with Gasteiger partial charge in [-0.05, 0) is 50.5 Å². The van der Waals surface area contributed by atoms with Crippen LogP contribution in [0.3, 0.4) is 0 Å². The number of halogens is 1. The minimum atomic E-state index is -0.532. The molecule has 2 rings (SSSR count). The maximum Gasteiger partial charge on any atom is 0.242 e. The van der Waals surface area contributed by atoms with E-state index >= 15 is 0 Å². The standard InChI is InChI=1S/C24H31BrN2O2S/c1-5-18(3)26-24(29)19(4)27(14-20-10-12-22(25)13-11-20)23(28)16-30-15-21-8-6-17(2)7-9-21/h6-13,18-19H,5,14-16H2,1-4H3,(H,26,29)/t18-,19-/m1/s1. The molecule has 162 valence electrons. The molecular weight excluding hydrogens is 460 g/mol. The summed E-state index contributed by atoms with van der Waals surface area (Å²) >= 11 is 5.02. The van der Waals surface area contributed by atoms with Gasteiger partial charge in [0.25, 0.3) is 0 Å². The van der Waals surface area contributed by atoms with Crippen LogP contribution in [-0.2, 0) is 21.9 Å². The summed E-state index contributed by atoms with van der Waals surface area (Å²) in [6, 6.07) is 15.8. The van der Waals surface area contributed by atoms with Gasteiger partial charge in [0.15, 0.2) is 0 Å². The molecule has 0 aliphatic rings. The van der Waals surface area contributed by atoms with Crippen molar-refractivity contribution in [2.45, 2.75) is 58.5 Å². The van der Waals surface area contributed by atoms with Crippen molar-refractivity contribution in [2.75, 3.05) is 5.75 Å². The highest BCUT2D eigenvalue weighted by atomic mass is 79.9. The highest BCUT2D eigenvalue weighted by molar-refractivity contribution is 9.10. The molecule has 0 heterocycles. The van der Waals surface area contributed by atoms with E-state index in [-0.39, 0.29) is 17.9 Å². The van der Waals surface area contributed by atoms with Crippen LogP contribution in [-0.4, -0.2) is 34.6 Å². The Labute approximate surface area is 192 Å². The smallest absolute Gasteiger partial charge is 0.242 e. The molecule has 1 N–H and O–H groups in total. The number of nitrogens with one attached hydrogen (secondary N) is 1. The first-order valence-corrected chi connectivity index (χ1v) is 12.2. The summed E-state index contributed by atoms with van der Waals surface area (Å²) < 4.78 is 0.986. The molecule has 0 unspecified atom stereocenters. The molecule has 2 aromatic carbocycles. The monoisotopic (exact) mass is 490 g/mol. The first kappa shape index (κ1) is 24.5. The van der Waals surface area contributed by atoms with E-state index in [1.54, 1.807) is 23.6 Å². The van der Waals surface area contributed by atoms with Gasteiger partial charge in [-0.3, -0.25) is 9.59 Å². The van der Waals surface area contributed by atoms with Crippen molar-refractivity contribution < 1.29 is 9.59 Å². The fourth-order valence-corrected chi connectivity index (χ4v) is 3.99. The lowest BCUT2D eigenvalue weighted by Crippen LogP contribution is -2.50. The average Bonchev–Trinajstić information content (AvgIpc) is 2.74. The zero-order chi connectivity index (χ0) is 22.1. The maximum absolute atomic E-state index is 13.1. The van der Waals surface area contributed by atoms with Gasteiger partial charge in [-0.15, -0.1) is 11.8 Å². The highest BCUT2D eigenvalue weighted by Gasteiger charge is 2.26. The van der Waals surface area contributed by atoms with E-state index in [0.717, 1.165) is 22.2 Å². The van der Waals surface area contributed by atoms with Gasteiger partial charge in [-0.1, -0.05) is 64.8 Å². The largest absolute Gasteiger partial charge is 0.352 e. The lowest BCUT2D eigenvalue weighted by molar-refractivity contribution is -0.138. The van der Waals surface area contributed by atoms with Crippen LogP contribution in [0.15, 0.2) is 53.0 Å². The van der Waals surface area contributed by atoms with Gasteiger partial charge < -0.3 is 10.2 Å². The van der Waals surface area contributed by atoms with E-state index in [1.807, 2.05) is 38.1 Å². The number of benzene rings is 2. The molecule has 0 spiro atoms. The second kappa shape index (κ2) is 12.2. The van der Waals surface area contributed by atoms with Crippen molar-refractivity contribution in [1.29, 1.82) is 0 Å². The minimum absolute atomic E-state index is 0.0261. The van der Waals surface area contributed by atoms with Crippen LogP contribution in [0.2, 0.25) is 0 Å². The Morgan fingerprint density at radius 1 is 1.03 bits per heavy atom. The van der Waals surface area contributed by atoms with Crippen LogP contribution >= 0.6 is 27.7 Å². The van der Waals surface area contributed by atoms with Crippen LogP contribution < -0.4 is 5.32 Å². The number of thioether (sulfide) groups is 1. The Balaban J connectivity index is 2.06. The molecule has 0 saturated carbocycles. The molecule has 2 atom stereocenters. The molecule has 4 nitrogen and oxygen atoms in total. The molecule has 0 aromatic heterocycles. The fraction of sp³-hybridized carbons (Fsp3) is 0.417. The summed E-state index contributed by atoms with van der Waals surface area (Å²) in [5.74, 6) is 0.969. The lowest BCUT2D eigenvalue weighted by Gasteiger charge is -2.29. The molecule has 2 aromatic rings. The number of aryl methyl sites for hydroxylation is 1. The SMILES string of the molecule is CC[C@@H](C)NC(=O)[C@@H](C)N(Cc1ccc(Br)cc1)C(=O)CSCc1ccc(C)cc1. The number of hydrogen-bond donors (Lipinski definition) is 1.